The molecule has 1 aliphatic heterocycles. The molecular formula is C16H17F3N4O3. The van der Waals surface area contributed by atoms with Gasteiger partial charge in [-0.2, -0.15) is 18.2 Å². The highest BCUT2D eigenvalue weighted by molar-refractivity contribution is 5.77. The quantitative estimate of drug-likeness (QED) is 0.823. The molecule has 0 spiro atoms. The Hall–Kier alpha value is -2.49. The van der Waals surface area contributed by atoms with E-state index in [2.05, 4.69) is 19.6 Å². The van der Waals surface area contributed by atoms with Crippen molar-refractivity contribution in [2.45, 2.75) is 24.9 Å². The molecule has 10 heteroatoms. The maximum Gasteiger partial charge on any atom is 0.471 e. The van der Waals surface area contributed by atoms with Crippen molar-refractivity contribution in [3.05, 3.63) is 29.9 Å². The maximum atomic E-state index is 12.5. The van der Waals surface area contributed by atoms with E-state index >= 15 is 0 Å². The first-order valence-electron chi connectivity index (χ1n) is 8.02. The molecule has 0 aliphatic carbocycles. The molecule has 1 amide bonds. The summed E-state index contributed by atoms with van der Waals surface area (Å²) in [4.78, 5) is 21.4. The van der Waals surface area contributed by atoms with Crippen LogP contribution in [0.25, 0.3) is 11.4 Å². The molecule has 1 saturated heterocycles. The van der Waals surface area contributed by atoms with Crippen molar-refractivity contribution in [3.8, 4) is 11.4 Å². The number of alkyl halides is 3. The number of pyridine rings is 1. The minimum Gasteiger partial charge on any atom is -0.375 e. The number of carbonyl (C=O) groups excluding carboxylic acids is 1. The van der Waals surface area contributed by atoms with Crippen molar-refractivity contribution >= 4 is 5.91 Å². The van der Waals surface area contributed by atoms with Crippen LogP contribution in [0.1, 0.15) is 30.3 Å². The van der Waals surface area contributed by atoms with Crippen LogP contribution in [0.2, 0.25) is 0 Å². The normalized spacial score (nSPS) is 18.2. The molecule has 26 heavy (non-hydrogen) atoms. The number of aromatic nitrogens is 3. The maximum absolute atomic E-state index is 12.5. The summed E-state index contributed by atoms with van der Waals surface area (Å²) < 4.78 is 46.7. The molecule has 0 N–H and O–H groups in total. The van der Waals surface area contributed by atoms with Crippen molar-refractivity contribution < 1.29 is 27.2 Å². The third-order valence-corrected chi connectivity index (χ3v) is 4.17. The lowest BCUT2D eigenvalue weighted by Gasteiger charge is -2.32. The molecule has 0 bridgehead atoms. The van der Waals surface area contributed by atoms with E-state index in [1.54, 1.807) is 17.0 Å². The van der Waals surface area contributed by atoms with Crippen molar-refractivity contribution in [1.29, 1.82) is 0 Å². The first-order chi connectivity index (χ1) is 12.4. The summed E-state index contributed by atoms with van der Waals surface area (Å²) in [6, 6.07) is 3.32. The van der Waals surface area contributed by atoms with E-state index in [4.69, 9.17) is 4.74 Å². The number of hydrogen-bond acceptors (Lipinski definition) is 6. The average molecular weight is 370 g/mol. The number of methoxy groups -OCH3 is 1. The van der Waals surface area contributed by atoms with Crippen LogP contribution in [0.4, 0.5) is 13.2 Å². The van der Waals surface area contributed by atoms with Crippen LogP contribution >= 0.6 is 0 Å². The molecule has 3 heterocycles. The van der Waals surface area contributed by atoms with Crippen molar-refractivity contribution in [2.75, 3.05) is 26.8 Å². The van der Waals surface area contributed by atoms with Crippen LogP contribution < -0.4 is 0 Å². The van der Waals surface area contributed by atoms with Gasteiger partial charge in [0.25, 0.3) is 0 Å². The van der Waals surface area contributed by atoms with Gasteiger partial charge in [-0.1, -0.05) is 5.16 Å². The minimum absolute atomic E-state index is 0.0401. The summed E-state index contributed by atoms with van der Waals surface area (Å²) in [5, 5.41) is 3.34. The second kappa shape index (κ2) is 7.40. The van der Waals surface area contributed by atoms with Gasteiger partial charge in [-0.25, -0.2) is 0 Å². The van der Waals surface area contributed by atoms with Gasteiger partial charge in [0.2, 0.25) is 11.7 Å². The third-order valence-electron chi connectivity index (χ3n) is 4.17. The lowest BCUT2D eigenvalue weighted by atomic mass is 9.94. The molecule has 1 aliphatic rings. The summed E-state index contributed by atoms with van der Waals surface area (Å²) >= 11 is 0. The van der Waals surface area contributed by atoms with Gasteiger partial charge in [0.1, 0.15) is 6.61 Å². The summed E-state index contributed by atoms with van der Waals surface area (Å²) in [7, 11) is 1.47. The number of halogens is 3. The number of nitrogens with zero attached hydrogens (tertiary/aromatic N) is 4. The summed E-state index contributed by atoms with van der Waals surface area (Å²) in [6.45, 7) is 1.26. The molecule has 0 radical (unpaired) electrons. The van der Waals surface area contributed by atoms with Crippen LogP contribution in [0.3, 0.4) is 0 Å². The monoisotopic (exact) mass is 370 g/mol. The molecule has 140 valence electrons. The largest absolute Gasteiger partial charge is 0.471 e. The Morgan fingerprint density at radius 3 is 2.85 bits per heavy atom. The van der Waals surface area contributed by atoms with E-state index in [0.29, 0.717) is 18.7 Å². The first-order valence-corrected chi connectivity index (χ1v) is 8.02. The van der Waals surface area contributed by atoms with Gasteiger partial charge in [0.05, 0.1) is 0 Å². The summed E-state index contributed by atoms with van der Waals surface area (Å²) in [6.07, 6.45) is -1.54. The van der Waals surface area contributed by atoms with Gasteiger partial charge in [-0.15, -0.1) is 0 Å². The van der Waals surface area contributed by atoms with Crippen molar-refractivity contribution in [1.82, 2.24) is 20.0 Å². The predicted molar refractivity (Wildman–Crippen MR) is 83.0 cm³/mol. The fourth-order valence-corrected chi connectivity index (χ4v) is 2.89. The molecule has 2 aromatic rings. The van der Waals surface area contributed by atoms with Crippen LogP contribution in [0, 0.1) is 0 Å². The van der Waals surface area contributed by atoms with Gasteiger partial charge in [0.15, 0.2) is 0 Å². The van der Waals surface area contributed by atoms with Gasteiger partial charge in [-0.05, 0) is 25.0 Å². The Balaban J connectivity index is 1.71. The summed E-state index contributed by atoms with van der Waals surface area (Å²) in [5.74, 6) is -1.57. The molecule has 0 saturated carbocycles. The number of likely N-dealkylation sites (tertiary alicyclic amines) is 1. The Morgan fingerprint density at radius 1 is 1.42 bits per heavy atom. The highest BCUT2D eigenvalue weighted by Crippen LogP contribution is 2.30. The second-order valence-electron chi connectivity index (χ2n) is 6.00. The average Bonchev–Trinajstić information content (AvgIpc) is 3.13. The lowest BCUT2D eigenvalue weighted by molar-refractivity contribution is -0.159. The van der Waals surface area contributed by atoms with E-state index in [9.17, 15) is 18.0 Å². The molecule has 0 aromatic carbocycles. The zero-order chi connectivity index (χ0) is 18.7. The number of carbonyl (C=O) groups is 1. The van der Waals surface area contributed by atoms with Gasteiger partial charge < -0.3 is 14.2 Å². The zero-order valence-corrected chi connectivity index (χ0v) is 14.0. The molecule has 1 fully saturated rings. The Labute approximate surface area is 147 Å². The topological polar surface area (TPSA) is 81.4 Å². The standard InChI is InChI=1S/C16H17F3N4O3/c1-25-9-13(24)23-6-2-3-11(8-23)12-5-4-10(7-20-12)14-21-15(26-22-14)16(17,18)19/h4-5,7,11H,2-3,6,8-9H2,1H3/t11-/m1/s1. The van der Waals surface area contributed by atoms with Crippen LogP contribution in [-0.4, -0.2) is 52.7 Å². The van der Waals surface area contributed by atoms with Gasteiger partial charge in [0, 0.05) is 43.6 Å². The Kier molecular flexibility index (Phi) is 5.21. The third kappa shape index (κ3) is 4.01. The highest BCUT2D eigenvalue weighted by Gasteiger charge is 2.38. The smallest absolute Gasteiger partial charge is 0.375 e. The molecular weight excluding hydrogens is 353 g/mol. The van der Waals surface area contributed by atoms with E-state index in [1.165, 1.54) is 13.3 Å². The number of hydrogen-bond donors (Lipinski definition) is 0. The zero-order valence-electron chi connectivity index (χ0n) is 14.0. The molecule has 3 rings (SSSR count). The van der Waals surface area contributed by atoms with E-state index < -0.39 is 12.1 Å². The van der Waals surface area contributed by atoms with Crippen molar-refractivity contribution in [3.63, 3.8) is 0 Å². The van der Waals surface area contributed by atoms with Crippen molar-refractivity contribution in [2.24, 2.45) is 0 Å². The number of amides is 1. The Morgan fingerprint density at radius 2 is 2.23 bits per heavy atom. The fourth-order valence-electron chi connectivity index (χ4n) is 2.89. The number of rotatable bonds is 4. The summed E-state index contributed by atoms with van der Waals surface area (Å²) in [5.41, 5.74) is 1.10. The van der Waals surface area contributed by atoms with Crippen LogP contribution in [0.15, 0.2) is 22.9 Å². The van der Waals surface area contributed by atoms with E-state index in [1.807, 2.05) is 0 Å². The van der Waals surface area contributed by atoms with Gasteiger partial charge in [-0.3, -0.25) is 9.78 Å². The number of piperidine rings is 1. The fraction of sp³-hybridized carbons (Fsp3) is 0.500. The SMILES string of the molecule is COCC(=O)N1CCC[C@@H](c2ccc(-c3noc(C(F)(F)F)n3)cn2)C1. The minimum atomic E-state index is -4.68. The first kappa shape index (κ1) is 18.3. The highest BCUT2D eigenvalue weighted by atomic mass is 19.4. The van der Waals surface area contributed by atoms with Crippen LogP contribution in [0.5, 0.6) is 0 Å². The van der Waals surface area contributed by atoms with E-state index in [-0.39, 0.29) is 24.3 Å². The predicted octanol–water partition coefficient (Wildman–Crippen LogP) is 2.50. The molecule has 2 aromatic heterocycles. The lowest BCUT2D eigenvalue weighted by Crippen LogP contribution is -2.41. The van der Waals surface area contributed by atoms with Gasteiger partial charge >= 0.3 is 12.1 Å². The Bertz CT molecular complexity index is 761. The molecule has 0 unspecified atom stereocenters. The van der Waals surface area contributed by atoms with Crippen LogP contribution in [-0.2, 0) is 15.7 Å². The number of ether oxygens (including phenoxy) is 1. The molecule has 7 nitrogen and oxygen atoms in total. The second-order valence-corrected chi connectivity index (χ2v) is 6.00. The van der Waals surface area contributed by atoms with E-state index in [0.717, 1.165) is 18.5 Å². The molecule has 1 atom stereocenters.